The molecule has 0 heterocycles. The summed E-state index contributed by atoms with van der Waals surface area (Å²) in [6.07, 6.45) is 0. The fourth-order valence-corrected chi connectivity index (χ4v) is 0.604. The molecule has 52 valence electrons. The van der Waals surface area contributed by atoms with Crippen molar-refractivity contribution in [2.24, 2.45) is 0 Å². The van der Waals surface area contributed by atoms with Gasteiger partial charge in [0, 0.05) is 0 Å². The largest absolute Gasteiger partial charge is 1.00 e. The van der Waals surface area contributed by atoms with Crippen molar-refractivity contribution in [3.8, 4) is 0 Å². The topological polar surface area (TPSA) is 0 Å². The molecule has 0 unspecified atom stereocenters. The van der Waals surface area contributed by atoms with Crippen LogP contribution < -0.4 is 0 Å². The predicted molar refractivity (Wildman–Crippen MR) is 34.8 cm³/mol. The van der Waals surface area contributed by atoms with E-state index in [0.29, 0.717) is 0 Å². The van der Waals surface area contributed by atoms with Gasteiger partial charge in [0.2, 0.25) is 0 Å². The zero-order chi connectivity index (χ0) is 5.98. The van der Waals surface area contributed by atoms with Crippen LogP contribution in [0.1, 0.15) is 11.1 Å². The van der Waals surface area contributed by atoms with Gasteiger partial charge in [0.05, 0.1) is 0 Å². The van der Waals surface area contributed by atoms with Crippen molar-refractivity contribution in [3.05, 3.63) is 35.4 Å². The molecule has 0 fully saturated rings. The van der Waals surface area contributed by atoms with E-state index in [1.165, 1.54) is 11.1 Å². The minimum absolute atomic E-state index is 0. The van der Waals surface area contributed by atoms with Gasteiger partial charge in [-0.05, 0) is 0 Å². The van der Waals surface area contributed by atoms with Crippen LogP contribution in [0.4, 0.5) is 0 Å². The number of hydrogen-bond acceptors (Lipinski definition) is 0. The minimum atomic E-state index is 0. The molecule has 0 spiro atoms. The number of rotatable bonds is 0. The summed E-state index contributed by atoms with van der Waals surface area (Å²) in [7, 11) is 0. The molecule has 0 aliphatic carbocycles. The molecule has 1 aromatic rings. The van der Waals surface area contributed by atoms with Gasteiger partial charge in [-0.25, -0.2) is 0 Å². The molecule has 0 saturated heterocycles. The molecule has 0 amide bonds. The van der Waals surface area contributed by atoms with Gasteiger partial charge >= 0.3 is 22.4 Å². The van der Waals surface area contributed by atoms with Gasteiger partial charge in [0.15, 0.2) is 0 Å². The average molecular weight is 213 g/mol. The van der Waals surface area contributed by atoms with Gasteiger partial charge in [-0.3, -0.25) is 0 Å². The normalized spacial score (nSPS) is 8.22. The molecule has 0 N–H and O–H groups in total. The summed E-state index contributed by atoms with van der Waals surface area (Å²) in [6, 6.07) is 9.12. The van der Waals surface area contributed by atoms with E-state index in [1.807, 2.05) is 12.1 Å². The molecule has 0 bridgehead atoms. The SMILES string of the molecule is Cc1[c-]cccc1C.[Ag+]. The number of aryl methyl sites for hydroxylation is 2. The quantitative estimate of drug-likeness (QED) is 0.457. The van der Waals surface area contributed by atoms with E-state index >= 15 is 0 Å². The van der Waals surface area contributed by atoms with Crippen LogP contribution in [-0.2, 0) is 22.4 Å². The zero-order valence-corrected chi connectivity index (χ0v) is 7.02. The predicted octanol–water partition coefficient (Wildman–Crippen LogP) is 2.10. The summed E-state index contributed by atoms with van der Waals surface area (Å²) in [5.41, 5.74) is 2.56. The van der Waals surface area contributed by atoms with Crippen molar-refractivity contribution in [2.75, 3.05) is 0 Å². The standard InChI is InChI=1S/C8H9.Ag/c1-7-5-3-4-6-8(7)2;/h3-5H,1-2H3;/q-1;+1. The fraction of sp³-hybridized carbons (Fsp3) is 0.250. The van der Waals surface area contributed by atoms with Crippen molar-refractivity contribution in [3.63, 3.8) is 0 Å². The van der Waals surface area contributed by atoms with E-state index in [4.69, 9.17) is 0 Å². The van der Waals surface area contributed by atoms with Crippen molar-refractivity contribution < 1.29 is 22.4 Å². The third kappa shape index (κ3) is 2.35. The first-order chi connectivity index (χ1) is 3.80. The van der Waals surface area contributed by atoms with Crippen molar-refractivity contribution >= 4 is 0 Å². The summed E-state index contributed by atoms with van der Waals surface area (Å²) in [5.74, 6) is 0. The van der Waals surface area contributed by atoms with Gasteiger partial charge in [0.25, 0.3) is 0 Å². The summed E-state index contributed by atoms with van der Waals surface area (Å²) >= 11 is 0. The van der Waals surface area contributed by atoms with Crippen LogP contribution in [-0.4, -0.2) is 0 Å². The second kappa shape index (κ2) is 3.89. The van der Waals surface area contributed by atoms with E-state index < -0.39 is 0 Å². The zero-order valence-electron chi connectivity index (χ0n) is 5.53. The number of benzene rings is 1. The van der Waals surface area contributed by atoms with Crippen LogP contribution in [0.25, 0.3) is 0 Å². The van der Waals surface area contributed by atoms with E-state index in [-0.39, 0.29) is 22.4 Å². The first-order valence-corrected chi connectivity index (χ1v) is 2.74. The first-order valence-electron chi connectivity index (χ1n) is 2.74. The van der Waals surface area contributed by atoms with Gasteiger partial charge in [-0.2, -0.15) is 35.4 Å². The Morgan fingerprint density at radius 3 is 2.33 bits per heavy atom. The number of hydrogen-bond donors (Lipinski definition) is 0. The summed E-state index contributed by atoms with van der Waals surface area (Å²) in [4.78, 5) is 0. The van der Waals surface area contributed by atoms with E-state index in [2.05, 4.69) is 26.0 Å². The second-order valence-electron chi connectivity index (χ2n) is 1.98. The third-order valence-corrected chi connectivity index (χ3v) is 1.33. The summed E-state index contributed by atoms with van der Waals surface area (Å²) in [5, 5.41) is 0. The van der Waals surface area contributed by atoms with Crippen LogP contribution in [0.3, 0.4) is 0 Å². The van der Waals surface area contributed by atoms with E-state index in [9.17, 15) is 0 Å². The van der Waals surface area contributed by atoms with Gasteiger partial charge in [-0.1, -0.05) is 13.8 Å². The second-order valence-corrected chi connectivity index (χ2v) is 1.98. The first kappa shape index (κ1) is 8.96. The van der Waals surface area contributed by atoms with E-state index in [1.54, 1.807) is 0 Å². The van der Waals surface area contributed by atoms with Crippen LogP contribution in [0, 0.1) is 19.9 Å². The van der Waals surface area contributed by atoms with Crippen LogP contribution in [0.5, 0.6) is 0 Å². The van der Waals surface area contributed by atoms with Gasteiger partial charge in [-0.15, -0.1) is 0 Å². The van der Waals surface area contributed by atoms with Crippen molar-refractivity contribution in [1.29, 1.82) is 0 Å². The molecule has 0 aliphatic rings. The molecular weight excluding hydrogens is 204 g/mol. The summed E-state index contributed by atoms with van der Waals surface area (Å²) < 4.78 is 0. The molecule has 0 radical (unpaired) electrons. The Morgan fingerprint density at radius 2 is 2.00 bits per heavy atom. The van der Waals surface area contributed by atoms with Crippen LogP contribution in [0.15, 0.2) is 18.2 Å². The Hall–Kier alpha value is -0.0397. The molecule has 0 aromatic heterocycles. The summed E-state index contributed by atoms with van der Waals surface area (Å²) in [6.45, 7) is 4.15. The molecular formula is C8H9Ag. The minimum Gasteiger partial charge on any atom is -0.180 e. The molecule has 0 saturated carbocycles. The van der Waals surface area contributed by atoms with Crippen LogP contribution in [0.2, 0.25) is 0 Å². The molecule has 1 rings (SSSR count). The average Bonchev–Trinajstić information content (AvgIpc) is 1.77. The molecule has 1 heteroatoms. The molecule has 1 aromatic carbocycles. The maximum absolute atomic E-state index is 3.10. The molecule has 0 atom stereocenters. The van der Waals surface area contributed by atoms with Crippen LogP contribution >= 0.6 is 0 Å². The Morgan fingerprint density at radius 1 is 1.33 bits per heavy atom. The third-order valence-electron chi connectivity index (χ3n) is 1.33. The monoisotopic (exact) mass is 212 g/mol. The Labute approximate surface area is 71.8 Å². The maximum atomic E-state index is 3.10. The van der Waals surface area contributed by atoms with Crippen molar-refractivity contribution in [1.82, 2.24) is 0 Å². The molecule has 9 heavy (non-hydrogen) atoms. The van der Waals surface area contributed by atoms with Crippen molar-refractivity contribution in [2.45, 2.75) is 13.8 Å². The van der Waals surface area contributed by atoms with E-state index in [0.717, 1.165) is 0 Å². The Kier molecular flexibility index (Phi) is 3.87. The Bertz CT molecular complexity index is 161. The maximum Gasteiger partial charge on any atom is 1.00 e. The van der Waals surface area contributed by atoms with Gasteiger partial charge in [0.1, 0.15) is 0 Å². The fourth-order valence-electron chi connectivity index (χ4n) is 0.604. The Balaban J connectivity index is 0.000000640. The molecule has 0 nitrogen and oxygen atoms in total. The van der Waals surface area contributed by atoms with Gasteiger partial charge < -0.3 is 0 Å². The molecule has 0 aliphatic heterocycles. The smallest absolute Gasteiger partial charge is 0.180 e.